The summed E-state index contributed by atoms with van der Waals surface area (Å²) in [6.07, 6.45) is 9.80. The second-order valence-corrected chi connectivity index (χ2v) is 5.31. The Labute approximate surface area is 102 Å². The van der Waals surface area contributed by atoms with E-state index in [9.17, 15) is 4.79 Å². The maximum absolute atomic E-state index is 12.1. The van der Waals surface area contributed by atoms with Gasteiger partial charge in [0.05, 0.1) is 0 Å². The van der Waals surface area contributed by atoms with Crippen LogP contribution in [0.5, 0.6) is 0 Å². The first-order valence-corrected chi connectivity index (χ1v) is 5.75. The molecule has 0 saturated carbocycles. The smallest absolute Gasteiger partial charge is 0.266 e. The van der Waals surface area contributed by atoms with Crippen molar-refractivity contribution in [2.75, 3.05) is 7.05 Å². The van der Waals surface area contributed by atoms with E-state index in [1.54, 1.807) is 0 Å². The van der Waals surface area contributed by atoms with Crippen molar-refractivity contribution in [1.82, 2.24) is 10.4 Å². The van der Waals surface area contributed by atoms with Gasteiger partial charge in [0.15, 0.2) is 0 Å². The molecule has 0 fully saturated rings. The van der Waals surface area contributed by atoms with E-state index in [0.717, 1.165) is 16.7 Å². The molecule has 2 aliphatic rings. The number of hydrogen-bond donors (Lipinski definition) is 1. The van der Waals surface area contributed by atoms with E-state index >= 15 is 0 Å². The zero-order chi connectivity index (χ0) is 12.6. The van der Waals surface area contributed by atoms with Gasteiger partial charge in [-0.3, -0.25) is 10.2 Å². The highest BCUT2D eigenvalue weighted by Gasteiger charge is 2.24. The quantitative estimate of drug-likeness (QED) is 0.737. The molecule has 1 amide bonds. The normalized spacial score (nSPS) is 17.8. The fraction of sp³-hybridized carbons (Fsp3) is 0.357. The van der Waals surface area contributed by atoms with Gasteiger partial charge in [-0.2, -0.15) is 0 Å². The topological polar surface area (TPSA) is 32.3 Å². The Hall–Kier alpha value is -1.61. The first kappa shape index (κ1) is 11.9. The Balaban J connectivity index is 2.13. The monoisotopic (exact) mass is 230 g/mol. The Kier molecular flexibility index (Phi) is 2.79. The van der Waals surface area contributed by atoms with Gasteiger partial charge in [0.2, 0.25) is 0 Å². The van der Waals surface area contributed by atoms with Crippen LogP contribution in [0.1, 0.15) is 20.8 Å². The summed E-state index contributed by atoms with van der Waals surface area (Å²) in [5.74, 6) is -0.0522. The van der Waals surface area contributed by atoms with Crippen molar-refractivity contribution in [2.45, 2.75) is 26.3 Å². The summed E-state index contributed by atoms with van der Waals surface area (Å²) in [5.41, 5.74) is 5.68. The van der Waals surface area contributed by atoms with E-state index in [2.05, 4.69) is 26.2 Å². The fourth-order valence-electron chi connectivity index (χ4n) is 1.67. The lowest BCUT2D eigenvalue weighted by molar-refractivity contribution is -0.123. The number of rotatable bonds is 2. The van der Waals surface area contributed by atoms with E-state index in [-0.39, 0.29) is 11.4 Å². The van der Waals surface area contributed by atoms with Gasteiger partial charge < -0.3 is 0 Å². The highest BCUT2D eigenvalue weighted by molar-refractivity contribution is 6.00. The number of hydrogen-bond acceptors (Lipinski definition) is 2. The Morgan fingerprint density at radius 2 is 1.94 bits per heavy atom. The Morgan fingerprint density at radius 1 is 1.24 bits per heavy atom. The third kappa shape index (κ3) is 2.24. The zero-order valence-corrected chi connectivity index (χ0v) is 10.7. The maximum Gasteiger partial charge on any atom is 0.266 e. The van der Waals surface area contributed by atoms with Crippen LogP contribution in [-0.4, -0.2) is 23.5 Å². The van der Waals surface area contributed by atoms with Crippen LogP contribution in [0.4, 0.5) is 0 Å². The number of nitrogens with zero attached hydrogens (tertiary/aromatic N) is 1. The molecule has 3 nitrogen and oxygen atoms in total. The van der Waals surface area contributed by atoms with Gasteiger partial charge in [0, 0.05) is 18.2 Å². The molecule has 0 atom stereocenters. The molecule has 1 N–H and O–H groups in total. The molecule has 0 radical (unpaired) electrons. The summed E-state index contributed by atoms with van der Waals surface area (Å²) < 4.78 is 0. The average Bonchev–Trinajstić information content (AvgIpc) is 2.75. The van der Waals surface area contributed by atoms with Crippen LogP contribution < -0.4 is 5.43 Å². The van der Waals surface area contributed by atoms with Crippen molar-refractivity contribution in [2.24, 2.45) is 0 Å². The van der Waals surface area contributed by atoms with Crippen LogP contribution in [0.3, 0.4) is 0 Å². The van der Waals surface area contributed by atoms with E-state index < -0.39 is 0 Å². The molecular weight excluding hydrogens is 212 g/mol. The average molecular weight is 230 g/mol. The summed E-state index contributed by atoms with van der Waals surface area (Å²) in [6, 6.07) is 0. The third-order valence-corrected chi connectivity index (χ3v) is 3.09. The molecule has 17 heavy (non-hydrogen) atoms. The van der Waals surface area contributed by atoms with Gasteiger partial charge in [-0.1, -0.05) is 24.3 Å². The molecule has 2 rings (SSSR count). The van der Waals surface area contributed by atoms with Gasteiger partial charge in [0.1, 0.15) is 0 Å². The molecule has 2 aliphatic carbocycles. The van der Waals surface area contributed by atoms with Gasteiger partial charge in [-0.05, 0) is 38.0 Å². The number of hydrazine groups is 1. The van der Waals surface area contributed by atoms with Crippen molar-refractivity contribution in [3.8, 4) is 0 Å². The molecule has 3 heteroatoms. The summed E-state index contributed by atoms with van der Waals surface area (Å²) in [7, 11) is 1.88. The van der Waals surface area contributed by atoms with E-state index in [1.807, 2.05) is 42.4 Å². The van der Waals surface area contributed by atoms with Crippen molar-refractivity contribution in [3.05, 3.63) is 47.1 Å². The predicted octanol–water partition coefficient (Wildman–Crippen LogP) is 2.11. The van der Waals surface area contributed by atoms with Crippen LogP contribution in [0.25, 0.3) is 0 Å². The Bertz CT molecular complexity index is 473. The van der Waals surface area contributed by atoms with Crippen LogP contribution in [-0.2, 0) is 4.79 Å². The molecule has 0 aromatic carbocycles. The molecular formula is C14H18N2O. The molecule has 0 bridgehead atoms. The van der Waals surface area contributed by atoms with Crippen molar-refractivity contribution in [1.29, 1.82) is 0 Å². The summed E-state index contributed by atoms with van der Waals surface area (Å²) in [5, 5.41) is 1.83. The summed E-state index contributed by atoms with van der Waals surface area (Å²) in [6.45, 7) is 6.16. The lowest BCUT2D eigenvalue weighted by Gasteiger charge is -2.32. The molecule has 0 spiro atoms. The number of allylic oxidation sites excluding steroid dienone is 6. The minimum Gasteiger partial charge on any atom is -0.285 e. The fourth-order valence-corrected chi connectivity index (χ4v) is 1.67. The largest absolute Gasteiger partial charge is 0.285 e. The Morgan fingerprint density at radius 3 is 2.59 bits per heavy atom. The predicted molar refractivity (Wildman–Crippen MR) is 69.0 cm³/mol. The van der Waals surface area contributed by atoms with Crippen molar-refractivity contribution >= 4 is 5.91 Å². The number of carbonyl (C=O) groups is 1. The molecule has 0 aromatic heterocycles. The highest BCUT2D eigenvalue weighted by atomic mass is 16.2. The maximum atomic E-state index is 12.1. The van der Waals surface area contributed by atoms with Crippen LogP contribution >= 0.6 is 0 Å². The second kappa shape index (κ2) is 4.00. The molecule has 0 heterocycles. The minimum atomic E-state index is -0.0899. The third-order valence-electron chi connectivity index (χ3n) is 3.09. The van der Waals surface area contributed by atoms with Crippen LogP contribution in [0.2, 0.25) is 0 Å². The molecule has 0 aromatic rings. The minimum absolute atomic E-state index is 0.0522. The van der Waals surface area contributed by atoms with Gasteiger partial charge in [0.25, 0.3) is 5.91 Å². The lowest BCUT2D eigenvalue weighted by atomic mass is 10.1. The van der Waals surface area contributed by atoms with Crippen LogP contribution in [0.15, 0.2) is 47.1 Å². The van der Waals surface area contributed by atoms with E-state index in [1.165, 1.54) is 0 Å². The van der Waals surface area contributed by atoms with Gasteiger partial charge in [-0.15, -0.1) is 0 Å². The molecule has 0 aliphatic heterocycles. The highest BCUT2D eigenvalue weighted by Crippen LogP contribution is 2.29. The van der Waals surface area contributed by atoms with Crippen molar-refractivity contribution < 1.29 is 4.79 Å². The number of amides is 1. The van der Waals surface area contributed by atoms with Gasteiger partial charge >= 0.3 is 0 Å². The first-order valence-electron chi connectivity index (χ1n) is 5.75. The standard InChI is InChI=1S/C14H18N2O/c1-14(2,3)16(4)15-13(17)12-9-8-10-6-5-7-11(10)12/h5-9H,1-4H3,(H,15,17). The van der Waals surface area contributed by atoms with Crippen LogP contribution in [0, 0.1) is 0 Å². The summed E-state index contributed by atoms with van der Waals surface area (Å²) >= 11 is 0. The number of fused-ring (bicyclic) bond motifs is 1. The van der Waals surface area contributed by atoms with E-state index in [4.69, 9.17) is 0 Å². The lowest BCUT2D eigenvalue weighted by Crippen LogP contribution is -2.50. The van der Waals surface area contributed by atoms with E-state index in [0.29, 0.717) is 0 Å². The number of nitrogens with one attached hydrogen (secondary N) is 1. The molecule has 0 saturated heterocycles. The molecule has 90 valence electrons. The first-order chi connectivity index (χ1) is 7.89. The second-order valence-electron chi connectivity index (χ2n) is 5.31. The van der Waals surface area contributed by atoms with Gasteiger partial charge in [-0.25, -0.2) is 5.01 Å². The zero-order valence-electron chi connectivity index (χ0n) is 10.7. The summed E-state index contributed by atoms with van der Waals surface area (Å²) in [4.78, 5) is 12.1. The van der Waals surface area contributed by atoms with Crippen molar-refractivity contribution in [3.63, 3.8) is 0 Å². The number of carbonyl (C=O) groups excluding carboxylic acids is 1. The molecule has 0 unspecified atom stereocenters. The SMILES string of the molecule is CN(NC(=O)C1=C2C=CC=C2C=C1)C(C)(C)C.